The fourth-order valence-electron chi connectivity index (χ4n) is 3.17. The van der Waals surface area contributed by atoms with Gasteiger partial charge in [0.1, 0.15) is 0 Å². The minimum absolute atomic E-state index is 0.119. The van der Waals surface area contributed by atoms with Gasteiger partial charge in [-0.3, -0.25) is 14.4 Å². The maximum Gasteiger partial charge on any atom is 0.291 e. The molecule has 0 radical (unpaired) electrons. The molecule has 2 heterocycles. The number of fused-ring (bicyclic) bond motifs is 1. The summed E-state index contributed by atoms with van der Waals surface area (Å²) >= 11 is 0. The highest BCUT2D eigenvalue weighted by molar-refractivity contribution is 6.10. The average Bonchev–Trinajstić information content (AvgIpc) is 3.28. The number of carbonyl (C=O) groups is 3. The summed E-state index contributed by atoms with van der Waals surface area (Å²) in [5.74, 6) is -1.10. The first-order valence-electron chi connectivity index (χ1n) is 9.71. The van der Waals surface area contributed by atoms with Gasteiger partial charge < -0.3 is 20.4 Å². The van der Waals surface area contributed by atoms with Crippen LogP contribution in [0.4, 0.5) is 17.1 Å². The van der Waals surface area contributed by atoms with Crippen molar-refractivity contribution in [2.45, 2.75) is 13.8 Å². The summed E-state index contributed by atoms with van der Waals surface area (Å²) in [4.78, 5) is 37.0. The molecule has 3 N–H and O–H groups in total. The lowest BCUT2D eigenvalue weighted by Gasteiger charge is -2.12. The normalized spacial score (nSPS) is 10.6. The fraction of sp³-hybridized carbons (Fsp3) is 0.0870. The van der Waals surface area contributed by atoms with E-state index < -0.39 is 11.8 Å². The van der Waals surface area contributed by atoms with Gasteiger partial charge in [-0.15, -0.1) is 0 Å². The van der Waals surface area contributed by atoms with Gasteiger partial charge in [-0.2, -0.15) is 10.2 Å². The van der Waals surface area contributed by atoms with Crippen LogP contribution < -0.4 is 16.0 Å². The Labute approximate surface area is 182 Å². The molecule has 2 aromatic heterocycles. The third kappa shape index (κ3) is 4.62. The predicted molar refractivity (Wildman–Crippen MR) is 120 cm³/mol. The summed E-state index contributed by atoms with van der Waals surface area (Å²) in [6, 6.07) is 14.9. The van der Waals surface area contributed by atoms with Crippen LogP contribution in [0.1, 0.15) is 33.5 Å². The first-order valence-corrected chi connectivity index (χ1v) is 9.71. The van der Waals surface area contributed by atoms with Gasteiger partial charge in [-0.05, 0) is 55.5 Å². The maximum absolute atomic E-state index is 13.1. The van der Waals surface area contributed by atoms with Crippen LogP contribution in [0.25, 0.3) is 10.9 Å². The van der Waals surface area contributed by atoms with E-state index in [1.807, 2.05) is 13.0 Å². The van der Waals surface area contributed by atoms with Crippen LogP contribution in [-0.2, 0) is 4.79 Å². The molecule has 0 saturated heterocycles. The maximum atomic E-state index is 13.1. The number of rotatable bonds is 5. The first kappa shape index (κ1) is 20.7. The second-order valence-electron chi connectivity index (χ2n) is 7.09. The highest BCUT2D eigenvalue weighted by Gasteiger charge is 2.15. The lowest BCUT2D eigenvalue weighted by Crippen LogP contribution is -2.16. The molecule has 9 heteroatoms. The van der Waals surface area contributed by atoms with E-state index in [0.29, 0.717) is 22.6 Å². The van der Waals surface area contributed by atoms with Crippen LogP contribution in [-0.4, -0.2) is 27.9 Å². The zero-order valence-electron chi connectivity index (χ0n) is 17.3. The van der Waals surface area contributed by atoms with Gasteiger partial charge >= 0.3 is 0 Å². The molecule has 160 valence electrons. The zero-order chi connectivity index (χ0) is 22.7. The zero-order valence-corrected chi connectivity index (χ0v) is 17.3. The van der Waals surface area contributed by atoms with Crippen LogP contribution in [0.2, 0.25) is 0 Å². The first-order chi connectivity index (χ1) is 15.4. The molecule has 9 nitrogen and oxygen atoms in total. The Morgan fingerprint density at radius 1 is 0.844 bits per heavy atom. The van der Waals surface area contributed by atoms with Crippen molar-refractivity contribution >= 4 is 45.7 Å². The van der Waals surface area contributed by atoms with E-state index in [2.05, 4.69) is 26.1 Å². The monoisotopic (exact) mass is 429 g/mol. The van der Waals surface area contributed by atoms with Crippen molar-refractivity contribution in [2.24, 2.45) is 0 Å². The summed E-state index contributed by atoms with van der Waals surface area (Å²) < 4.78 is 5.10. The second-order valence-corrected chi connectivity index (χ2v) is 7.09. The summed E-state index contributed by atoms with van der Waals surface area (Å²) in [7, 11) is 0. The molecule has 0 aliphatic rings. The molecular formula is C23H19N5O4. The Kier molecular flexibility index (Phi) is 5.63. The molecule has 0 saturated carbocycles. The van der Waals surface area contributed by atoms with Gasteiger partial charge in [-0.1, -0.05) is 6.07 Å². The van der Waals surface area contributed by atoms with E-state index in [-0.39, 0.29) is 17.2 Å². The van der Waals surface area contributed by atoms with Gasteiger partial charge in [0.25, 0.3) is 11.8 Å². The van der Waals surface area contributed by atoms with Crippen molar-refractivity contribution in [3.8, 4) is 0 Å². The van der Waals surface area contributed by atoms with E-state index >= 15 is 0 Å². The summed E-state index contributed by atoms with van der Waals surface area (Å²) in [5.41, 5.74) is 2.85. The molecule has 4 aromatic rings. The molecule has 0 bridgehead atoms. The van der Waals surface area contributed by atoms with E-state index in [1.54, 1.807) is 30.3 Å². The minimum Gasteiger partial charge on any atom is -0.459 e. The number of aromatic nitrogens is 2. The smallest absolute Gasteiger partial charge is 0.291 e. The Morgan fingerprint density at radius 2 is 1.62 bits per heavy atom. The van der Waals surface area contributed by atoms with Crippen LogP contribution in [0.15, 0.2) is 65.3 Å². The number of benzene rings is 2. The number of nitrogens with zero attached hydrogens (tertiary/aromatic N) is 2. The Hall–Kier alpha value is -4.53. The number of hydrogen-bond donors (Lipinski definition) is 3. The minimum atomic E-state index is -0.482. The molecule has 0 spiro atoms. The Morgan fingerprint density at radius 3 is 2.34 bits per heavy atom. The topological polar surface area (TPSA) is 126 Å². The number of hydrogen-bond acceptors (Lipinski definition) is 6. The number of aryl methyl sites for hydroxylation is 1. The standard InChI is InChI=1S/C23H19N5O4/c1-13-9-18-19(5-3-6-20(18)28-27-13)26-22(30)15-10-16(24-14(2)29)12-17(11-15)25-23(31)21-7-4-8-32-21/h3-12H,1-2H3,(H,24,29)(H,25,31)(H,26,30). The van der Waals surface area contributed by atoms with Crippen molar-refractivity contribution in [3.05, 3.63) is 77.9 Å². The number of amides is 3. The molecule has 0 aliphatic carbocycles. The molecule has 0 aliphatic heterocycles. The van der Waals surface area contributed by atoms with Crippen LogP contribution >= 0.6 is 0 Å². The number of carbonyl (C=O) groups excluding carboxylic acids is 3. The predicted octanol–water partition coefficient (Wildman–Crippen LogP) is 3.99. The highest BCUT2D eigenvalue weighted by atomic mass is 16.3. The molecule has 2 aromatic carbocycles. The number of nitrogens with one attached hydrogen (secondary N) is 3. The van der Waals surface area contributed by atoms with Gasteiger partial charge in [-0.25, -0.2) is 0 Å². The quantitative estimate of drug-likeness (QED) is 0.440. The Balaban J connectivity index is 1.66. The van der Waals surface area contributed by atoms with Gasteiger partial charge in [0, 0.05) is 29.2 Å². The Bertz CT molecular complexity index is 1330. The lowest BCUT2D eigenvalue weighted by atomic mass is 10.1. The van der Waals surface area contributed by atoms with E-state index in [4.69, 9.17) is 4.42 Å². The number of furan rings is 1. The summed E-state index contributed by atoms with van der Waals surface area (Å²) in [5, 5.41) is 17.1. The molecule has 3 amide bonds. The largest absolute Gasteiger partial charge is 0.459 e. The summed E-state index contributed by atoms with van der Waals surface area (Å²) in [6.45, 7) is 3.17. The lowest BCUT2D eigenvalue weighted by molar-refractivity contribution is -0.114. The van der Waals surface area contributed by atoms with Gasteiger partial charge in [0.2, 0.25) is 5.91 Å². The molecule has 0 atom stereocenters. The third-order valence-corrected chi connectivity index (χ3v) is 4.52. The van der Waals surface area contributed by atoms with E-state index in [0.717, 1.165) is 11.1 Å². The van der Waals surface area contributed by atoms with Gasteiger partial charge in [0.15, 0.2) is 5.76 Å². The van der Waals surface area contributed by atoms with E-state index in [9.17, 15) is 14.4 Å². The van der Waals surface area contributed by atoms with Crippen molar-refractivity contribution in [2.75, 3.05) is 16.0 Å². The van der Waals surface area contributed by atoms with Crippen LogP contribution in [0, 0.1) is 6.92 Å². The number of anilines is 3. The van der Waals surface area contributed by atoms with Crippen LogP contribution in [0.3, 0.4) is 0 Å². The molecule has 0 unspecified atom stereocenters. The van der Waals surface area contributed by atoms with Crippen molar-refractivity contribution in [1.29, 1.82) is 0 Å². The molecule has 32 heavy (non-hydrogen) atoms. The average molecular weight is 429 g/mol. The molecule has 4 rings (SSSR count). The second kappa shape index (κ2) is 8.68. The molecular weight excluding hydrogens is 410 g/mol. The van der Waals surface area contributed by atoms with Crippen molar-refractivity contribution in [1.82, 2.24) is 10.2 Å². The highest BCUT2D eigenvalue weighted by Crippen LogP contribution is 2.25. The van der Waals surface area contributed by atoms with Gasteiger partial charge in [0.05, 0.1) is 23.2 Å². The van der Waals surface area contributed by atoms with Crippen molar-refractivity contribution in [3.63, 3.8) is 0 Å². The fourth-order valence-corrected chi connectivity index (χ4v) is 3.17. The van der Waals surface area contributed by atoms with Crippen LogP contribution in [0.5, 0.6) is 0 Å². The van der Waals surface area contributed by atoms with Crippen molar-refractivity contribution < 1.29 is 18.8 Å². The third-order valence-electron chi connectivity index (χ3n) is 4.52. The molecule has 0 fully saturated rings. The summed E-state index contributed by atoms with van der Waals surface area (Å²) in [6.07, 6.45) is 1.39. The van der Waals surface area contributed by atoms with E-state index in [1.165, 1.54) is 31.4 Å². The SMILES string of the molecule is CC(=O)Nc1cc(NC(=O)c2ccco2)cc(C(=O)Nc2cccc3nnc(C)cc23)c1.